The third kappa shape index (κ3) is 6.55. The SMILES string of the molecule is CCCCC[Si]1CCC(C2CCC(c3ccc(Cl)cc3)CC2)CC1.[Mg+2]. The van der Waals surface area contributed by atoms with Crippen LogP contribution in [0, 0.1) is 11.8 Å². The van der Waals surface area contributed by atoms with E-state index < -0.39 is 0 Å². The monoisotopic (exact) mass is 385 g/mol. The molecule has 1 heterocycles. The maximum absolute atomic E-state index is 6.03. The van der Waals surface area contributed by atoms with Gasteiger partial charge in [-0.25, -0.2) is 0 Å². The summed E-state index contributed by atoms with van der Waals surface area (Å²) < 4.78 is 0. The minimum absolute atomic E-state index is 0. The van der Waals surface area contributed by atoms with Crippen molar-refractivity contribution in [2.45, 2.75) is 88.8 Å². The summed E-state index contributed by atoms with van der Waals surface area (Å²) in [4.78, 5) is 0. The van der Waals surface area contributed by atoms with E-state index >= 15 is 0 Å². The quantitative estimate of drug-likeness (QED) is 0.355. The minimum atomic E-state index is 0. The molecule has 0 bridgehead atoms. The Morgan fingerprint density at radius 3 is 2.08 bits per heavy atom. The summed E-state index contributed by atoms with van der Waals surface area (Å²) in [5.74, 6) is 2.89. The number of hydrogen-bond donors (Lipinski definition) is 0. The Kier molecular flexibility index (Phi) is 9.90. The zero-order valence-electron chi connectivity index (χ0n) is 16.1. The van der Waals surface area contributed by atoms with Crippen molar-refractivity contribution in [2.24, 2.45) is 11.8 Å². The molecule has 1 aromatic rings. The fourth-order valence-electron chi connectivity index (χ4n) is 5.05. The molecule has 0 atom stereocenters. The van der Waals surface area contributed by atoms with Gasteiger partial charge in [-0.3, -0.25) is 0 Å². The van der Waals surface area contributed by atoms with E-state index in [1.165, 1.54) is 50.5 Å². The number of halogens is 1. The van der Waals surface area contributed by atoms with Crippen molar-refractivity contribution in [2.75, 3.05) is 0 Å². The summed E-state index contributed by atoms with van der Waals surface area (Å²) in [6.45, 7) is 2.33. The molecule has 0 unspecified atom stereocenters. The summed E-state index contributed by atoms with van der Waals surface area (Å²) in [6.07, 6.45) is 13.2. The van der Waals surface area contributed by atoms with Gasteiger partial charge < -0.3 is 0 Å². The van der Waals surface area contributed by atoms with Crippen molar-refractivity contribution >= 4 is 43.5 Å². The normalized spacial score (nSPS) is 25.5. The van der Waals surface area contributed by atoms with Gasteiger partial charge in [0, 0.05) is 13.8 Å². The first-order chi connectivity index (χ1) is 11.8. The molecule has 1 aliphatic carbocycles. The Hall–Kier alpha value is 0.493. The van der Waals surface area contributed by atoms with Crippen molar-refractivity contribution < 1.29 is 0 Å². The van der Waals surface area contributed by atoms with Crippen molar-refractivity contribution in [3.8, 4) is 0 Å². The standard InChI is InChI=1S/C22H34ClSi.Mg/c1-2-3-4-15-24-16-13-21(14-17-24)19-7-5-18(6-8-19)20-9-11-22(23)12-10-20;/h9-12,18-19,21H,2-8,13-17H2,1H3;/q;+2. The molecular weight excluding hydrogens is 352 g/mol. The maximum atomic E-state index is 6.03. The van der Waals surface area contributed by atoms with Crippen molar-refractivity contribution in [1.29, 1.82) is 0 Å². The first-order valence-corrected chi connectivity index (χ1v) is 12.8. The smallest absolute Gasteiger partial charge is 0.0843 e. The molecule has 3 heteroatoms. The van der Waals surface area contributed by atoms with Crippen LogP contribution in [0.2, 0.25) is 23.2 Å². The van der Waals surface area contributed by atoms with E-state index in [9.17, 15) is 0 Å². The Labute approximate surface area is 178 Å². The van der Waals surface area contributed by atoms with E-state index in [1.807, 2.05) is 0 Å². The van der Waals surface area contributed by atoms with Gasteiger partial charge in [0.1, 0.15) is 0 Å². The fraction of sp³-hybridized carbons (Fsp3) is 0.727. The molecular formula is C22H34ClMgSi+2. The van der Waals surface area contributed by atoms with Crippen LogP contribution in [0.3, 0.4) is 0 Å². The van der Waals surface area contributed by atoms with Crippen LogP contribution in [0.1, 0.15) is 76.2 Å². The number of hydrogen-bond acceptors (Lipinski definition) is 0. The first kappa shape index (κ1) is 21.8. The molecule has 1 radical (unpaired) electrons. The number of unbranched alkanes of at least 4 members (excludes halogenated alkanes) is 2. The van der Waals surface area contributed by atoms with E-state index in [0.717, 1.165) is 22.8 Å². The zero-order chi connectivity index (χ0) is 16.8. The van der Waals surface area contributed by atoms with Crippen LogP contribution in [-0.4, -0.2) is 31.8 Å². The Bertz CT molecular complexity index is 473. The fourth-order valence-corrected chi connectivity index (χ4v) is 8.24. The van der Waals surface area contributed by atoms with Crippen LogP contribution >= 0.6 is 11.6 Å². The molecule has 1 aliphatic heterocycles. The summed E-state index contributed by atoms with van der Waals surface area (Å²) in [5, 5.41) is 0.867. The summed E-state index contributed by atoms with van der Waals surface area (Å²) in [6, 6.07) is 13.5. The topological polar surface area (TPSA) is 0 Å². The van der Waals surface area contributed by atoms with Crippen molar-refractivity contribution in [3.05, 3.63) is 34.9 Å². The summed E-state index contributed by atoms with van der Waals surface area (Å²) in [5.41, 5.74) is 1.52. The molecule has 3 rings (SSSR count). The van der Waals surface area contributed by atoms with Gasteiger partial charge in [-0.1, -0.05) is 80.9 Å². The largest absolute Gasteiger partial charge is 2.00 e. The molecule has 0 nitrogen and oxygen atoms in total. The van der Waals surface area contributed by atoms with E-state index in [4.69, 9.17) is 11.6 Å². The zero-order valence-corrected chi connectivity index (χ0v) is 19.3. The number of rotatable bonds is 6. The molecule has 133 valence electrons. The van der Waals surface area contributed by atoms with Crippen molar-refractivity contribution in [1.82, 2.24) is 0 Å². The van der Waals surface area contributed by atoms with E-state index in [-0.39, 0.29) is 31.8 Å². The van der Waals surface area contributed by atoms with Crippen LogP contribution in [-0.2, 0) is 0 Å². The molecule has 0 spiro atoms. The van der Waals surface area contributed by atoms with Gasteiger partial charge >= 0.3 is 23.1 Å². The average Bonchev–Trinajstić information content (AvgIpc) is 2.63. The van der Waals surface area contributed by atoms with Gasteiger partial charge in [0.2, 0.25) is 0 Å². The Balaban J connectivity index is 0.00000225. The van der Waals surface area contributed by atoms with Crippen LogP contribution in [0.15, 0.2) is 24.3 Å². The Morgan fingerprint density at radius 1 is 0.880 bits per heavy atom. The predicted molar refractivity (Wildman–Crippen MR) is 114 cm³/mol. The molecule has 1 saturated heterocycles. The first-order valence-electron chi connectivity index (χ1n) is 10.3. The Morgan fingerprint density at radius 2 is 1.48 bits per heavy atom. The summed E-state index contributed by atoms with van der Waals surface area (Å²) >= 11 is 6.03. The van der Waals surface area contributed by atoms with Crippen LogP contribution in [0.4, 0.5) is 0 Å². The predicted octanol–water partition coefficient (Wildman–Crippen LogP) is 7.33. The molecule has 0 aromatic heterocycles. The molecule has 0 amide bonds. The second-order valence-corrected chi connectivity index (χ2v) is 11.6. The molecule has 1 aromatic carbocycles. The van der Waals surface area contributed by atoms with E-state index in [2.05, 4.69) is 31.2 Å². The van der Waals surface area contributed by atoms with Gasteiger partial charge in [-0.15, -0.1) is 0 Å². The minimum Gasteiger partial charge on any atom is -0.0843 e. The molecule has 2 fully saturated rings. The third-order valence-electron chi connectivity index (χ3n) is 6.65. The van der Waals surface area contributed by atoms with E-state index in [0.29, 0.717) is 0 Å². The summed E-state index contributed by atoms with van der Waals surface area (Å²) in [7, 11) is 0.0395. The van der Waals surface area contributed by atoms with Crippen LogP contribution in [0.5, 0.6) is 0 Å². The number of benzene rings is 1. The maximum Gasteiger partial charge on any atom is 2.00 e. The average molecular weight is 386 g/mol. The second kappa shape index (κ2) is 11.4. The second-order valence-electron chi connectivity index (χ2n) is 8.21. The van der Waals surface area contributed by atoms with Gasteiger partial charge in [0.25, 0.3) is 0 Å². The van der Waals surface area contributed by atoms with Gasteiger partial charge in [-0.05, 0) is 61.1 Å². The van der Waals surface area contributed by atoms with Crippen LogP contribution < -0.4 is 0 Å². The van der Waals surface area contributed by atoms with Crippen molar-refractivity contribution in [3.63, 3.8) is 0 Å². The molecule has 1 saturated carbocycles. The molecule has 25 heavy (non-hydrogen) atoms. The molecule has 2 aliphatic rings. The third-order valence-corrected chi connectivity index (χ3v) is 9.96. The van der Waals surface area contributed by atoms with Gasteiger partial charge in [0.15, 0.2) is 0 Å². The van der Waals surface area contributed by atoms with Gasteiger partial charge in [0.05, 0.1) is 0 Å². The van der Waals surface area contributed by atoms with Crippen LogP contribution in [0.25, 0.3) is 0 Å². The molecule has 0 N–H and O–H groups in total. The van der Waals surface area contributed by atoms with E-state index in [1.54, 1.807) is 31.0 Å². The van der Waals surface area contributed by atoms with Gasteiger partial charge in [-0.2, -0.15) is 0 Å².